The first-order chi connectivity index (χ1) is 25.3. The van der Waals surface area contributed by atoms with Gasteiger partial charge in [0, 0.05) is 61.4 Å². The molecule has 0 radical (unpaired) electrons. The molecule has 3 aliphatic heterocycles. The topological polar surface area (TPSA) is 144 Å². The predicted octanol–water partition coefficient (Wildman–Crippen LogP) is 7.81. The molecule has 53 heavy (non-hydrogen) atoms. The number of carbonyl (C=O) groups is 1. The normalized spacial score (nSPS) is 18.1. The molecule has 7 rings (SSSR count). The molecule has 17 heteroatoms. The molecular formula is C36H38F6N8O2S. The number of hydrogen-bond acceptors (Lipinski definition) is 10. The molecule has 3 aliphatic rings. The molecule has 282 valence electrons. The first-order valence-corrected chi connectivity index (χ1v) is 18.0. The number of nitrogen functional groups attached to an aromatic ring is 1. The summed E-state index contributed by atoms with van der Waals surface area (Å²) in [6.45, 7) is 5.62. The van der Waals surface area contributed by atoms with E-state index in [9.17, 15) is 32.0 Å². The Morgan fingerprint density at radius 1 is 1.15 bits per heavy atom. The average molecular weight is 761 g/mol. The number of amides is 1. The first kappa shape index (κ1) is 39.3. The van der Waals surface area contributed by atoms with Crippen LogP contribution in [0.4, 0.5) is 37.2 Å². The van der Waals surface area contributed by atoms with Crippen LogP contribution in [0.25, 0.3) is 32.1 Å². The summed E-state index contributed by atoms with van der Waals surface area (Å²) in [5.74, 6) is -2.01. The number of nitrogens with two attached hydrogens (primary N) is 1. The van der Waals surface area contributed by atoms with Gasteiger partial charge in [-0.3, -0.25) is 9.69 Å². The molecule has 0 spiro atoms. The van der Waals surface area contributed by atoms with E-state index in [0.29, 0.717) is 36.8 Å². The lowest BCUT2D eigenvalue weighted by Gasteiger charge is -2.18. The van der Waals surface area contributed by atoms with Gasteiger partial charge in [-0.2, -0.15) is 33.7 Å². The van der Waals surface area contributed by atoms with Gasteiger partial charge in [-0.25, -0.2) is 13.2 Å². The fourth-order valence-corrected chi connectivity index (χ4v) is 7.86. The highest BCUT2D eigenvalue weighted by Crippen LogP contribution is 2.47. The highest BCUT2D eigenvalue weighted by molar-refractivity contribution is 7.23. The molecule has 3 saturated heterocycles. The third-order valence-electron chi connectivity index (χ3n) is 9.31. The van der Waals surface area contributed by atoms with Gasteiger partial charge in [0.15, 0.2) is 5.82 Å². The molecule has 1 amide bonds. The molecule has 2 aromatic carbocycles. The molecule has 5 heterocycles. The minimum Gasteiger partial charge on any atom is -0.467 e. The van der Waals surface area contributed by atoms with Gasteiger partial charge in [-0.15, -0.1) is 11.3 Å². The number of fused-ring (bicyclic) bond motifs is 3. The SMILES string of the molecule is CCNc1nc(OC)nc2c(F)c(-c3ccc(F)c4sc(N)c(C#N)c34)c(C(F)(F)F)cc12.FC1CC2CCCN2C1.N#CCCC(=O)N1CCCC1. The summed E-state index contributed by atoms with van der Waals surface area (Å²) < 4.78 is 90.2. The predicted molar refractivity (Wildman–Crippen MR) is 190 cm³/mol. The Morgan fingerprint density at radius 3 is 2.51 bits per heavy atom. The zero-order valence-corrected chi connectivity index (χ0v) is 29.9. The number of halogens is 6. The van der Waals surface area contributed by atoms with Gasteiger partial charge in [0.2, 0.25) is 5.91 Å². The van der Waals surface area contributed by atoms with E-state index in [1.54, 1.807) is 13.0 Å². The maximum Gasteiger partial charge on any atom is 0.417 e. The molecule has 0 aliphatic carbocycles. The van der Waals surface area contributed by atoms with Crippen molar-refractivity contribution in [3.63, 3.8) is 0 Å². The lowest BCUT2D eigenvalue weighted by Crippen LogP contribution is -2.27. The lowest BCUT2D eigenvalue weighted by atomic mass is 9.92. The number of nitrogens with zero attached hydrogens (tertiary/aromatic N) is 6. The number of rotatable bonds is 6. The van der Waals surface area contributed by atoms with E-state index < -0.39 is 40.6 Å². The van der Waals surface area contributed by atoms with E-state index >= 15 is 4.39 Å². The highest BCUT2D eigenvalue weighted by atomic mass is 32.1. The largest absolute Gasteiger partial charge is 0.467 e. The van der Waals surface area contributed by atoms with E-state index in [1.807, 2.05) is 11.0 Å². The van der Waals surface area contributed by atoms with Crippen LogP contribution in [0.1, 0.15) is 63.0 Å². The van der Waals surface area contributed by atoms with Crippen molar-refractivity contribution in [3.8, 4) is 29.3 Å². The van der Waals surface area contributed by atoms with Crippen LogP contribution in [-0.4, -0.2) is 77.7 Å². The van der Waals surface area contributed by atoms with Crippen molar-refractivity contribution in [1.82, 2.24) is 19.8 Å². The number of thiophene rings is 1. The number of methoxy groups -OCH3 is 1. The van der Waals surface area contributed by atoms with Crippen molar-refractivity contribution in [3.05, 3.63) is 41.0 Å². The Bertz CT molecular complexity index is 2040. The molecule has 2 aromatic heterocycles. The monoisotopic (exact) mass is 760 g/mol. The summed E-state index contributed by atoms with van der Waals surface area (Å²) in [6.07, 6.45) is 0.818. The number of anilines is 2. The smallest absolute Gasteiger partial charge is 0.417 e. The van der Waals surface area contributed by atoms with Crippen molar-refractivity contribution in [2.45, 2.75) is 70.3 Å². The second-order valence-electron chi connectivity index (χ2n) is 12.7. The van der Waals surface area contributed by atoms with Gasteiger partial charge in [0.25, 0.3) is 0 Å². The lowest BCUT2D eigenvalue weighted by molar-refractivity contribution is -0.137. The van der Waals surface area contributed by atoms with Crippen LogP contribution in [0, 0.1) is 34.3 Å². The van der Waals surface area contributed by atoms with Crippen LogP contribution >= 0.6 is 11.3 Å². The molecule has 2 atom stereocenters. The van der Waals surface area contributed by atoms with Gasteiger partial charge in [0.05, 0.1) is 29.0 Å². The van der Waals surface area contributed by atoms with Crippen molar-refractivity contribution >= 4 is 49.1 Å². The standard InChI is InChI=1S/C21H14F5N5OS.C8H12N2O.C7H12FN/c1-3-29-19-9-6-11(21(24,25)26)14(15(23)16(9)30-20(31-19)32-2)8-4-5-12(22)17-13(8)10(7-27)18(28)33-17;9-5-3-4-8(11)10-6-1-2-7-10;8-6-4-7-2-1-3-9(7)5-6/h4-6H,3,28H2,1-2H3,(H,29,30,31);1-4,6-7H2;6-7H,1-5H2. The molecule has 3 fully saturated rings. The Balaban J connectivity index is 0.000000217. The minimum atomic E-state index is -5.00. The molecule has 0 saturated carbocycles. The maximum atomic E-state index is 15.9. The van der Waals surface area contributed by atoms with Crippen molar-refractivity contribution < 1.29 is 35.9 Å². The van der Waals surface area contributed by atoms with Crippen LogP contribution < -0.4 is 15.8 Å². The van der Waals surface area contributed by atoms with Gasteiger partial charge >= 0.3 is 12.2 Å². The van der Waals surface area contributed by atoms with Gasteiger partial charge in [-0.1, -0.05) is 6.07 Å². The third-order valence-corrected chi connectivity index (χ3v) is 10.3. The molecular weight excluding hydrogens is 723 g/mol. The molecule has 3 N–H and O–H groups in total. The number of benzene rings is 2. The third kappa shape index (κ3) is 8.52. The second kappa shape index (κ2) is 16.9. The van der Waals surface area contributed by atoms with Crippen LogP contribution in [0.15, 0.2) is 18.2 Å². The first-order valence-electron chi connectivity index (χ1n) is 17.2. The van der Waals surface area contributed by atoms with Crippen LogP contribution in [-0.2, 0) is 11.0 Å². The Kier molecular flexibility index (Phi) is 12.5. The number of carbonyl (C=O) groups excluding carboxylic acids is 1. The van der Waals surface area contributed by atoms with E-state index in [4.69, 9.17) is 15.7 Å². The van der Waals surface area contributed by atoms with E-state index in [1.165, 1.54) is 20.0 Å². The van der Waals surface area contributed by atoms with Gasteiger partial charge in [-0.05, 0) is 63.3 Å². The summed E-state index contributed by atoms with van der Waals surface area (Å²) in [5.41, 5.74) is 2.59. The summed E-state index contributed by atoms with van der Waals surface area (Å²) in [4.78, 5) is 23.2. The van der Waals surface area contributed by atoms with Crippen LogP contribution in [0.5, 0.6) is 6.01 Å². The fraction of sp³-hybridized carbons (Fsp3) is 0.472. The van der Waals surface area contributed by atoms with Crippen molar-refractivity contribution in [2.24, 2.45) is 0 Å². The fourth-order valence-electron chi connectivity index (χ4n) is 6.91. The van der Waals surface area contributed by atoms with Crippen molar-refractivity contribution in [2.75, 3.05) is 50.9 Å². The number of aromatic nitrogens is 2. The summed E-state index contributed by atoms with van der Waals surface area (Å²) >= 11 is 0.698. The van der Waals surface area contributed by atoms with E-state index in [2.05, 4.69) is 20.2 Å². The summed E-state index contributed by atoms with van der Waals surface area (Å²) in [6, 6.07) is 6.72. The zero-order chi connectivity index (χ0) is 38.4. The Morgan fingerprint density at radius 2 is 1.89 bits per heavy atom. The van der Waals surface area contributed by atoms with Gasteiger partial charge in [0.1, 0.15) is 34.4 Å². The zero-order valence-electron chi connectivity index (χ0n) is 29.1. The van der Waals surface area contributed by atoms with E-state index in [0.717, 1.165) is 57.1 Å². The Hall–Kier alpha value is -4.87. The quantitative estimate of drug-likeness (QED) is 0.188. The maximum absolute atomic E-state index is 15.9. The molecule has 2 unspecified atom stereocenters. The number of ether oxygens (including phenoxy) is 1. The summed E-state index contributed by atoms with van der Waals surface area (Å²) in [5, 5.41) is 20.0. The number of nitriles is 2. The van der Waals surface area contributed by atoms with E-state index in [-0.39, 0.29) is 55.9 Å². The number of alkyl halides is 4. The molecule has 0 bridgehead atoms. The second-order valence-corrected chi connectivity index (χ2v) is 13.8. The van der Waals surface area contributed by atoms with Crippen LogP contribution in [0.3, 0.4) is 0 Å². The number of hydrogen-bond donors (Lipinski definition) is 2. The minimum absolute atomic E-state index is 0.0444. The molecule has 10 nitrogen and oxygen atoms in total. The Labute approximate surface area is 306 Å². The number of nitrogens with one attached hydrogen (secondary N) is 1. The summed E-state index contributed by atoms with van der Waals surface area (Å²) in [7, 11) is 1.23. The number of likely N-dealkylation sites (tertiary alicyclic amines) is 1. The highest BCUT2D eigenvalue weighted by Gasteiger charge is 2.38. The van der Waals surface area contributed by atoms with Gasteiger partial charge < -0.3 is 20.7 Å². The average Bonchev–Trinajstić information content (AvgIpc) is 3.93. The molecule has 4 aromatic rings. The van der Waals surface area contributed by atoms with Crippen molar-refractivity contribution in [1.29, 1.82) is 10.5 Å². The van der Waals surface area contributed by atoms with Crippen LogP contribution in [0.2, 0.25) is 0 Å².